The molecule has 0 radical (unpaired) electrons. The standard InChI is InChI=1S/C9H10N2O2S/c1-10-8(14)11-9(12)13-7-5-3-2-4-6-7/h2-6H,1H3,(H2,10,11,12,14). The maximum atomic E-state index is 11.1. The molecule has 0 saturated heterocycles. The van der Waals surface area contributed by atoms with Gasteiger partial charge in [-0.2, -0.15) is 0 Å². The van der Waals surface area contributed by atoms with Gasteiger partial charge in [-0.1, -0.05) is 18.2 Å². The Morgan fingerprint density at radius 1 is 1.36 bits per heavy atom. The number of rotatable bonds is 1. The normalized spacial score (nSPS) is 8.93. The number of benzene rings is 1. The van der Waals surface area contributed by atoms with Crippen LogP contribution in [0.5, 0.6) is 5.75 Å². The van der Waals surface area contributed by atoms with Crippen molar-refractivity contribution in [3.63, 3.8) is 0 Å². The summed E-state index contributed by atoms with van der Waals surface area (Å²) in [6.45, 7) is 0. The van der Waals surface area contributed by atoms with E-state index in [1.54, 1.807) is 31.3 Å². The molecule has 1 aromatic carbocycles. The van der Waals surface area contributed by atoms with E-state index in [2.05, 4.69) is 10.6 Å². The lowest BCUT2D eigenvalue weighted by atomic mass is 10.3. The molecular weight excluding hydrogens is 200 g/mol. The summed E-state index contributed by atoms with van der Waals surface area (Å²) in [6, 6.07) is 8.75. The molecule has 1 amide bonds. The fraction of sp³-hybridized carbons (Fsp3) is 0.111. The summed E-state index contributed by atoms with van der Waals surface area (Å²) in [7, 11) is 1.62. The number of nitrogens with one attached hydrogen (secondary N) is 2. The molecule has 0 fully saturated rings. The molecule has 0 atom stereocenters. The molecule has 0 aliphatic rings. The molecule has 4 nitrogen and oxygen atoms in total. The molecule has 0 aliphatic carbocycles. The summed E-state index contributed by atoms with van der Waals surface area (Å²) in [4.78, 5) is 11.1. The third-order valence-electron chi connectivity index (χ3n) is 1.40. The minimum atomic E-state index is -0.601. The molecule has 5 heteroatoms. The molecule has 0 aliphatic heterocycles. The van der Waals surface area contributed by atoms with Crippen molar-refractivity contribution < 1.29 is 9.53 Å². The molecule has 1 aromatic rings. The Hall–Kier alpha value is -1.62. The zero-order valence-corrected chi connectivity index (χ0v) is 8.43. The number of para-hydroxylation sites is 1. The zero-order valence-electron chi connectivity index (χ0n) is 7.61. The van der Waals surface area contributed by atoms with Crippen molar-refractivity contribution in [3.05, 3.63) is 30.3 Å². The maximum absolute atomic E-state index is 11.1. The van der Waals surface area contributed by atoms with Crippen molar-refractivity contribution in [1.29, 1.82) is 0 Å². The number of carbonyl (C=O) groups is 1. The molecule has 14 heavy (non-hydrogen) atoms. The number of carbonyl (C=O) groups excluding carboxylic acids is 1. The fourth-order valence-corrected chi connectivity index (χ4v) is 0.860. The van der Waals surface area contributed by atoms with Crippen molar-refractivity contribution in [3.8, 4) is 5.75 Å². The molecule has 2 N–H and O–H groups in total. The molecule has 0 unspecified atom stereocenters. The average Bonchev–Trinajstić information content (AvgIpc) is 2.19. The molecule has 0 aromatic heterocycles. The maximum Gasteiger partial charge on any atom is 0.418 e. The van der Waals surface area contributed by atoms with Gasteiger partial charge in [0.25, 0.3) is 0 Å². The number of hydrogen-bond donors (Lipinski definition) is 2. The Morgan fingerprint density at radius 3 is 2.57 bits per heavy atom. The van der Waals surface area contributed by atoms with Crippen LogP contribution in [-0.2, 0) is 0 Å². The van der Waals surface area contributed by atoms with Crippen LogP contribution in [0.4, 0.5) is 4.79 Å². The van der Waals surface area contributed by atoms with Crippen LogP contribution in [0.1, 0.15) is 0 Å². The van der Waals surface area contributed by atoms with E-state index in [0.717, 1.165) is 0 Å². The van der Waals surface area contributed by atoms with E-state index in [9.17, 15) is 4.79 Å². The smallest absolute Gasteiger partial charge is 0.410 e. The Balaban J connectivity index is 2.46. The van der Waals surface area contributed by atoms with Gasteiger partial charge in [0.15, 0.2) is 5.11 Å². The lowest BCUT2D eigenvalue weighted by Crippen LogP contribution is -2.38. The molecular formula is C9H10N2O2S. The predicted molar refractivity (Wildman–Crippen MR) is 57.3 cm³/mol. The van der Waals surface area contributed by atoms with E-state index in [1.165, 1.54) is 0 Å². The summed E-state index contributed by atoms with van der Waals surface area (Å²) >= 11 is 4.72. The second-order valence-corrected chi connectivity index (χ2v) is 2.81. The van der Waals surface area contributed by atoms with Crippen molar-refractivity contribution in [1.82, 2.24) is 10.6 Å². The van der Waals surface area contributed by atoms with Gasteiger partial charge in [0.1, 0.15) is 5.75 Å². The van der Waals surface area contributed by atoms with Crippen LogP contribution >= 0.6 is 12.2 Å². The number of amides is 1. The van der Waals surface area contributed by atoms with Crippen molar-refractivity contribution in [2.75, 3.05) is 7.05 Å². The van der Waals surface area contributed by atoms with E-state index in [-0.39, 0.29) is 5.11 Å². The van der Waals surface area contributed by atoms with Crippen LogP contribution in [-0.4, -0.2) is 18.3 Å². The highest BCUT2D eigenvalue weighted by Crippen LogP contribution is 2.07. The van der Waals surface area contributed by atoms with Crippen LogP contribution in [0, 0.1) is 0 Å². The van der Waals surface area contributed by atoms with Crippen LogP contribution < -0.4 is 15.4 Å². The Morgan fingerprint density at radius 2 is 2.00 bits per heavy atom. The van der Waals surface area contributed by atoms with Crippen LogP contribution in [0.25, 0.3) is 0 Å². The molecule has 0 spiro atoms. The summed E-state index contributed by atoms with van der Waals surface area (Å²) in [5.74, 6) is 0.476. The number of ether oxygens (including phenoxy) is 1. The Bertz CT molecular complexity index is 327. The first-order valence-electron chi connectivity index (χ1n) is 3.98. The number of thiocarbonyl (C=S) groups is 1. The summed E-state index contributed by atoms with van der Waals surface area (Å²) in [5, 5.41) is 5.17. The lowest BCUT2D eigenvalue weighted by molar-refractivity contribution is 0.206. The first-order chi connectivity index (χ1) is 6.72. The van der Waals surface area contributed by atoms with Gasteiger partial charge in [-0.3, -0.25) is 5.32 Å². The van der Waals surface area contributed by atoms with Gasteiger partial charge in [0.05, 0.1) is 0 Å². The van der Waals surface area contributed by atoms with E-state index in [4.69, 9.17) is 17.0 Å². The molecule has 0 heterocycles. The first-order valence-corrected chi connectivity index (χ1v) is 4.39. The summed E-state index contributed by atoms with van der Waals surface area (Å²) < 4.78 is 4.91. The van der Waals surface area contributed by atoms with E-state index < -0.39 is 6.09 Å². The molecule has 0 bridgehead atoms. The zero-order chi connectivity index (χ0) is 10.4. The van der Waals surface area contributed by atoms with Crippen LogP contribution in [0.3, 0.4) is 0 Å². The first kappa shape index (κ1) is 10.5. The highest BCUT2D eigenvalue weighted by molar-refractivity contribution is 7.80. The van der Waals surface area contributed by atoms with Gasteiger partial charge in [-0.05, 0) is 24.4 Å². The van der Waals surface area contributed by atoms with Gasteiger partial charge >= 0.3 is 6.09 Å². The Kier molecular flexibility index (Phi) is 3.87. The second kappa shape index (κ2) is 5.18. The molecule has 74 valence electrons. The van der Waals surface area contributed by atoms with Gasteiger partial charge in [0.2, 0.25) is 0 Å². The van der Waals surface area contributed by atoms with Gasteiger partial charge in [-0.15, -0.1) is 0 Å². The quantitative estimate of drug-likeness (QED) is 0.685. The van der Waals surface area contributed by atoms with E-state index in [0.29, 0.717) is 5.75 Å². The third-order valence-corrected chi connectivity index (χ3v) is 1.70. The van der Waals surface area contributed by atoms with E-state index >= 15 is 0 Å². The van der Waals surface area contributed by atoms with E-state index in [1.807, 2.05) is 6.07 Å². The summed E-state index contributed by atoms with van der Waals surface area (Å²) in [6.07, 6.45) is -0.601. The highest BCUT2D eigenvalue weighted by Gasteiger charge is 2.04. The monoisotopic (exact) mass is 210 g/mol. The minimum Gasteiger partial charge on any atom is -0.410 e. The largest absolute Gasteiger partial charge is 0.418 e. The fourth-order valence-electron chi connectivity index (χ4n) is 0.776. The lowest BCUT2D eigenvalue weighted by Gasteiger charge is -2.06. The molecule has 1 rings (SSSR count). The topological polar surface area (TPSA) is 50.4 Å². The van der Waals surface area contributed by atoms with Crippen LogP contribution in [0.2, 0.25) is 0 Å². The van der Waals surface area contributed by atoms with Crippen molar-refractivity contribution >= 4 is 23.4 Å². The highest BCUT2D eigenvalue weighted by atomic mass is 32.1. The van der Waals surface area contributed by atoms with Crippen molar-refractivity contribution in [2.24, 2.45) is 0 Å². The van der Waals surface area contributed by atoms with Gasteiger partial charge in [-0.25, -0.2) is 4.79 Å². The van der Waals surface area contributed by atoms with Crippen LogP contribution in [0.15, 0.2) is 30.3 Å². The van der Waals surface area contributed by atoms with Gasteiger partial charge in [0, 0.05) is 7.05 Å². The molecule has 0 saturated carbocycles. The number of hydrogen-bond acceptors (Lipinski definition) is 3. The second-order valence-electron chi connectivity index (χ2n) is 2.41. The van der Waals surface area contributed by atoms with Gasteiger partial charge < -0.3 is 10.1 Å². The predicted octanol–water partition coefficient (Wildman–Crippen LogP) is 1.28. The Labute approximate surface area is 87.3 Å². The minimum absolute atomic E-state index is 0.228. The SMILES string of the molecule is CNC(=S)NC(=O)Oc1ccccc1. The summed E-state index contributed by atoms with van der Waals surface area (Å²) in [5.41, 5.74) is 0. The van der Waals surface area contributed by atoms with Crippen molar-refractivity contribution in [2.45, 2.75) is 0 Å². The third kappa shape index (κ3) is 3.40. The average molecular weight is 210 g/mol.